The van der Waals surface area contributed by atoms with E-state index in [2.05, 4.69) is 18.2 Å². The van der Waals surface area contributed by atoms with Gasteiger partial charge in [0.25, 0.3) is 0 Å². The summed E-state index contributed by atoms with van der Waals surface area (Å²) in [6.07, 6.45) is 9.06. The summed E-state index contributed by atoms with van der Waals surface area (Å²) in [6, 6.07) is 0. The van der Waals surface area contributed by atoms with Crippen LogP contribution < -0.4 is 5.73 Å². The van der Waals surface area contributed by atoms with Crippen LogP contribution in [0.25, 0.3) is 0 Å². The molecule has 2 rings (SSSR count). The van der Waals surface area contributed by atoms with Crippen molar-refractivity contribution in [3.05, 3.63) is 23.8 Å². The smallest absolute Gasteiger partial charge is 0.0824 e. The SMILES string of the molecule is NCC1=CC=CC2OCCCC12. The first-order chi connectivity index (χ1) is 5.92. The minimum absolute atomic E-state index is 0.308. The third-order valence-electron chi connectivity index (χ3n) is 2.69. The predicted molar refractivity (Wildman–Crippen MR) is 48.7 cm³/mol. The molecule has 0 aromatic rings. The molecule has 2 N–H and O–H groups in total. The highest BCUT2D eigenvalue weighted by Crippen LogP contribution is 2.30. The van der Waals surface area contributed by atoms with Gasteiger partial charge in [-0.15, -0.1) is 0 Å². The number of fused-ring (bicyclic) bond motifs is 1. The lowest BCUT2D eigenvalue weighted by atomic mass is 9.84. The van der Waals surface area contributed by atoms with Crippen molar-refractivity contribution >= 4 is 0 Å². The highest BCUT2D eigenvalue weighted by Gasteiger charge is 2.27. The number of ether oxygens (including phenoxy) is 1. The number of allylic oxidation sites excluding steroid dienone is 2. The lowest BCUT2D eigenvalue weighted by Crippen LogP contribution is -2.32. The summed E-state index contributed by atoms with van der Waals surface area (Å²) in [4.78, 5) is 0. The molecule has 2 atom stereocenters. The summed E-state index contributed by atoms with van der Waals surface area (Å²) < 4.78 is 5.63. The molecule has 2 nitrogen and oxygen atoms in total. The van der Waals surface area contributed by atoms with Gasteiger partial charge in [0.15, 0.2) is 0 Å². The molecule has 0 saturated carbocycles. The molecule has 1 aliphatic heterocycles. The molecule has 0 radical (unpaired) electrons. The van der Waals surface area contributed by atoms with E-state index < -0.39 is 0 Å². The van der Waals surface area contributed by atoms with E-state index in [1.54, 1.807) is 0 Å². The summed E-state index contributed by atoms with van der Waals surface area (Å²) in [7, 11) is 0. The van der Waals surface area contributed by atoms with Crippen LogP contribution in [0, 0.1) is 5.92 Å². The summed E-state index contributed by atoms with van der Waals surface area (Å²) in [5.74, 6) is 0.564. The Kier molecular flexibility index (Phi) is 2.28. The molecule has 0 bridgehead atoms. The van der Waals surface area contributed by atoms with Crippen molar-refractivity contribution in [2.45, 2.75) is 18.9 Å². The molecule has 12 heavy (non-hydrogen) atoms. The molecule has 0 amide bonds. The third kappa shape index (κ3) is 1.32. The Balaban J connectivity index is 2.14. The number of hydrogen-bond acceptors (Lipinski definition) is 2. The minimum atomic E-state index is 0.308. The molecule has 1 heterocycles. The van der Waals surface area contributed by atoms with Gasteiger partial charge >= 0.3 is 0 Å². The van der Waals surface area contributed by atoms with E-state index >= 15 is 0 Å². The van der Waals surface area contributed by atoms with Crippen LogP contribution in [0.15, 0.2) is 23.8 Å². The van der Waals surface area contributed by atoms with Gasteiger partial charge in [-0.05, 0) is 12.8 Å². The highest BCUT2D eigenvalue weighted by atomic mass is 16.5. The van der Waals surface area contributed by atoms with Crippen LogP contribution in [0.2, 0.25) is 0 Å². The molecule has 66 valence electrons. The zero-order valence-electron chi connectivity index (χ0n) is 7.20. The van der Waals surface area contributed by atoms with E-state index in [-0.39, 0.29) is 0 Å². The molecule has 1 aliphatic carbocycles. The van der Waals surface area contributed by atoms with Crippen LogP contribution in [-0.2, 0) is 4.74 Å². The quantitative estimate of drug-likeness (QED) is 0.634. The Morgan fingerprint density at radius 3 is 3.33 bits per heavy atom. The Labute approximate surface area is 73.1 Å². The normalized spacial score (nSPS) is 34.2. The van der Waals surface area contributed by atoms with Gasteiger partial charge in [0.2, 0.25) is 0 Å². The average molecular weight is 165 g/mol. The maximum atomic E-state index is 5.65. The summed E-state index contributed by atoms with van der Waals surface area (Å²) in [5, 5.41) is 0. The summed E-state index contributed by atoms with van der Waals surface area (Å²) >= 11 is 0. The van der Waals surface area contributed by atoms with Crippen LogP contribution in [0.3, 0.4) is 0 Å². The van der Waals surface area contributed by atoms with E-state index in [1.807, 2.05) is 0 Å². The number of nitrogens with two attached hydrogens (primary N) is 1. The molecule has 2 heteroatoms. The Bertz CT molecular complexity index is 220. The maximum Gasteiger partial charge on any atom is 0.0824 e. The van der Waals surface area contributed by atoms with E-state index in [4.69, 9.17) is 10.5 Å². The first kappa shape index (κ1) is 8.02. The van der Waals surface area contributed by atoms with Crippen molar-refractivity contribution in [3.63, 3.8) is 0 Å². The predicted octanol–water partition coefficient (Wildman–Crippen LogP) is 1.24. The van der Waals surface area contributed by atoms with Crippen molar-refractivity contribution in [2.24, 2.45) is 11.7 Å². The molecule has 0 aromatic heterocycles. The van der Waals surface area contributed by atoms with Gasteiger partial charge in [-0.1, -0.05) is 23.8 Å². The molecular weight excluding hydrogens is 150 g/mol. The fourth-order valence-corrected chi connectivity index (χ4v) is 2.02. The Hall–Kier alpha value is -0.600. The third-order valence-corrected chi connectivity index (χ3v) is 2.69. The summed E-state index contributed by atoms with van der Waals surface area (Å²) in [5.41, 5.74) is 7.00. The standard InChI is InChI=1S/C10H15NO/c11-7-8-3-1-5-10-9(8)4-2-6-12-10/h1,3,5,9-10H,2,4,6-7,11H2. The molecule has 0 aromatic carbocycles. The van der Waals surface area contributed by atoms with Crippen molar-refractivity contribution in [2.75, 3.05) is 13.2 Å². The van der Waals surface area contributed by atoms with Crippen LogP contribution in [0.5, 0.6) is 0 Å². The Morgan fingerprint density at radius 1 is 1.58 bits per heavy atom. The zero-order chi connectivity index (χ0) is 8.39. The van der Waals surface area contributed by atoms with Crippen molar-refractivity contribution in [1.29, 1.82) is 0 Å². The number of hydrogen-bond donors (Lipinski definition) is 1. The van der Waals surface area contributed by atoms with Gasteiger partial charge in [0.05, 0.1) is 6.10 Å². The van der Waals surface area contributed by atoms with Gasteiger partial charge < -0.3 is 10.5 Å². The second-order valence-electron chi connectivity index (χ2n) is 3.41. The van der Waals surface area contributed by atoms with Crippen LogP contribution in [-0.4, -0.2) is 19.3 Å². The van der Waals surface area contributed by atoms with Crippen LogP contribution in [0.1, 0.15) is 12.8 Å². The first-order valence-electron chi connectivity index (χ1n) is 4.61. The Morgan fingerprint density at radius 2 is 2.50 bits per heavy atom. The van der Waals surface area contributed by atoms with E-state index in [9.17, 15) is 0 Å². The monoisotopic (exact) mass is 165 g/mol. The molecule has 1 fully saturated rings. The first-order valence-corrected chi connectivity index (χ1v) is 4.61. The van der Waals surface area contributed by atoms with Crippen molar-refractivity contribution in [1.82, 2.24) is 0 Å². The van der Waals surface area contributed by atoms with Crippen molar-refractivity contribution in [3.8, 4) is 0 Å². The van der Waals surface area contributed by atoms with Crippen molar-refractivity contribution < 1.29 is 4.74 Å². The van der Waals surface area contributed by atoms with Gasteiger partial charge in [0, 0.05) is 19.1 Å². The van der Waals surface area contributed by atoms with Gasteiger partial charge in [-0.2, -0.15) is 0 Å². The topological polar surface area (TPSA) is 35.2 Å². The summed E-state index contributed by atoms with van der Waals surface area (Å²) in [6.45, 7) is 1.58. The maximum absolute atomic E-state index is 5.65. The van der Waals surface area contributed by atoms with Gasteiger partial charge in [-0.3, -0.25) is 0 Å². The lowest BCUT2D eigenvalue weighted by molar-refractivity contribution is 0.0146. The minimum Gasteiger partial charge on any atom is -0.374 e. The number of rotatable bonds is 1. The van der Waals surface area contributed by atoms with E-state index in [0.29, 0.717) is 18.6 Å². The fraction of sp³-hybridized carbons (Fsp3) is 0.600. The van der Waals surface area contributed by atoms with E-state index in [0.717, 1.165) is 6.61 Å². The largest absolute Gasteiger partial charge is 0.374 e. The van der Waals surface area contributed by atoms with Crippen LogP contribution >= 0.6 is 0 Å². The fourth-order valence-electron chi connectivity index (χ4n) is 2.02. The molecule has 2 unspecified atom stereocenters. The second-order valence-corrected chi connectivity index (χ2v) is 3.41. The van der Waals surface area contributed by atoms with Gasteiger partial charge in [-0.25, -0.2) is 0 Å². The van der Waals surface area contributed by atoms with E-state index in [1.165, 1.54) is 18.4 Å². The second kappa shape index (κ2) is 3.42. The molecular formula is C10H15NO. The average Bonchev–Trinajstić information content (AvgIpc) is 2.17. The highest BCUT2D eigenvalue weighted by molar-refractivity contribution is 5.25. The lowest BCUT2D eigenvalue weighted by Gasteiger charge is -2.33. The van der Waals surface area contributed by atoms with Crippen LogP contribution in [0.4, 0.5) is 0 Å². The molecule has 1 saturated heterocycles. The van der Waals surface area contributed by atoms with Gasteiger partial charge in [0.1, 0.15) is 0 Å². The molecule has 0 spiro atoms. The zero-order valence-corrected chi connectivity index (χ0v) is 7.20. The molecule has 2 aliphatic rings.